The van der Waals surface area contributed by atoms with Crippen LogP contribution in [0.5, 0.6) is 0 Å². The van der Waals surface area contributed by atoms with Crippen molar-refractivity contribution in [3.05, 3.63) is 112 Å². The molecule has 0 saturated carbocycles. The molecule has 2 atom stereocenters. The molecule has 0 bridgehead atoms. The Kier molecular flexibility index (Phi) is 8.38. The smallest absolute Gasteiger partial charge is 0.349 e. The molecular formula is C31H24ClF6N3O2. The first-order chi connectivity index (χ1) is 20.3. The number of rotatable bonds is 5. The number of hydrogen-bond donors (Lipinski definition) is 1. The van der Waals surface area contributed by atoms with Gasteiger partial charge in [-0.3, -0.25) is 14.6 Å². The van der Waals surface area contributed by atoms with Crippen LogP contribution in [0.2, 0.25) is 5.02 Å². The maximum absolute atomic E-state index is 13.6. The molecule has 4 aromatic rings. The van der Waals surface area contributed by atoms with Crippen molar-refractivity contribution in [1.82, 2.24) is 15.2 Å². The van der Waals surface area contributed by atoms with E-state index in [-0.39, 0.29) is 37.8 Å². The molecule has 43 heavy (non-hydrogen) atoms. The van der Waals surface area contributed by atoms with Crippen LogP contribution >= 0.6 is 11.6 Å². The summed E-state index contributed by atoms with van der Waals surface area (Å²) >= 11 is 6.00. The number of pyridine rings is 1. The van der Waals surface area contributed by atoms with Crippen LogP contribution in [0.1, 0.15) is 50.2 Å². The zero-order valence-electron chi connectivity index (χ0n) is 22.3. The quantitative estimate of drug-likeness (QED) is 0.234. The fourth-order valence-electron chi connectivity index (χ4n) is 5.34. The first kappa shape index (κ1) is 30.3. The number of likely N-dealkylation sites (tertiary alicyclic amines) is 1. The summed E-state index contributed by atoms with van der Waals surface area (Å²) in [5.41, 5.74) is -2.05. The number of halogens is 7. The van der Waals surface area contributed by atoms with Gasteiger partial charge in [0.25, 0.3) is 11.8 Å². The normalized spacial score (nSPS) is 17.6. The second-order valence-electron chi connectivity index (χ2n) is 10.3. The fraction of sp³-hybridized carbons (Fsp3) is 0.258. The van der Waals surface area contributed by atoms with Gasteiger partial charge in [0.15, 0.2) is 0 Å². The number of fused-ring (bicyclic) bond motifs is 1. The lowest BCUT2D eigenvalue weighted by molar-refractivity contribution is -0.143. The van der Waals surface area contributed by atoms with Crippen molar-refractivity contribution >= 4 is 34.3 Å². The molecule has 1 N–H and O–H groups in total. The second-order valence-corrected chi connectivity index (χ2v) is 10.8. The van der Waals surface area contributed by atoms with E-state index >= 15 is 0 Å². The fourth-order valence-corrected chi connectivity index (χ4v) is 5.46. The zero-order chi connectivity index (χ0) is 30.9. The number of benzene rings is 3. The van der Waals surface area contributed by atoms with Gasteiger partial charge in [-0.15, -0.1) is 0 Å². The Labute approximate surface area is 247 Å². The van der Waals surface area contributed by atoms with E-state index in [2.05, 4.69) is 10.3 Å². The summed E-state index contributed by atoms with van der Waals surface area (Å²) in [6.45, 7) is -0.00325. The number of piperidine rings is 1. The van der Waals surface area contributed by atoms with Crippen LogP contribution in [-0.4, -0.2) is 40.3 Å². The standard InChI is InChI=1S/C31H24ClF6N3O2/c32-22-7-5-18(6-8-22)13-24-17-23(40-28(42)26-9-11-39-27-4-2-1-3-25(26)27)10-12-41(24)29(43)19-14-20(30(33,34)35)16-21(15-19)31(36,37)38/h1-9,11,14-16,23-24H,10,12-13,17H2,(H,40,42)/t23-,24-/m0/s1. The van der Waals surface area contributed by atoms with E-state index in [1.807, 2.05) is 0 Å². The minimum atomic E-state index is -5.09. The average molecular weight is 620 g/mol. The van der Waals surface area contributed by atoms with Crippen LogP contribution in [0, 0.1) is 0 Å². The molecule has 1 aliphatic rings. The maximum atomic E-state index is 13.6. The number of carbonyl (C=O) groups is 2. The summed E-state index contributed by atoms with van der Waals surface area (Å²) in [5, 5.41) is 4.11. The third-order valence-corrected chi connectivity index (χ3v) is 7.68. The number of alkyl halides is 6. The molecule has 0 aliphatic carbocycles. The molecule has 3 aromatic carbocycles. The van der Waals surface area contributed by atoms with Gasteiger partial charge in [-0.2, -0.15) is 26.3 Å². The molecule has 5 rings (SSSR count). The van der Waals surface area contributed by atoms with E-state index in [9.17, 15) is 35.9 Å². The van der Waals surface area contributed by atoms with Crippen molar-refractivity contribution in [2.24, 2.45) is 0 Å². The SMILES string of the molecule is O=C(N[C@H]1CCN(C(=O)c2cc(C(F)(F)F)cc(C(F)(F)F)c2)[C@@H](Cc2ccc(Cl)cc2)C1)c1ccnc2ccccc12. The van der Waals surface area contributed by atoms with Gasteiger partial charge in [-0.1, -0.05) is 41.9 Å². The first-order valence-corrected chi connectivity index (χ1v) is 13.7. The average Bonchev–Trinajstić information content (AvgIpc) is 2.96. The molecule has 1 fully saturated rings. The van der Waals surface area contributed by atoms with Crippen LogP contribution in [0.25, 0.3) is 10.9 Å². The number of para-hydroxylation sites is 1. The van der Waals surface area contributed by atoms with Crippen molar-refractivity contribution in [1.29, 1.82) is 0 Å². The first-order valence-electron chi connectivity index (χ1n) is 13.3. The van der Waals surface area contributed by atoms with Crippen LogP contribution < -0.4 is 5.32 Å². The number of amides is 2. The molecule has 0 unspecified atom stereocenters. The Bertz CT molecular complexity index is 1620. The third-order valence-electron chi connectivity index (χ3n) is 7.42. The summed E-state index contributed by atoms with van der Waals surface area (Å²) in [5.74, 6) is -1.32. The third kappa shape index (κ3) is 6.93. The van der Waals surface area contributed by atoms with Crippen molar-refractivity contribution < 1.29 is 35.9 Å². The summed E-state index contributed by atoms with van der Waals surface area (Å²) in [4.78, 5) is 32.4. The highest BCUT2D eigenvalue weighted by Gasteiger charge is 2.39. The molecule has 224 valence electrons. The number of nitrogens with one attached hydrogen (secondary N) is 1. The predicted molar refractivity (Wildman–Crippen MR) is 149 cm³/mol. The lowest BCUT2D eigenvalue weighted by Gasteiger charge is -2.40. The van der Waals surface area contributed by atoms with E-state index in [1.165, 1.54) is 11.1 Å². The minimum absolute atomic E-state index is 0.00325. The molecule has 1 aliphatic heterocycles. The van der Waals surface area contributed by atoms with Gasteiger partial charge in [0.1, 0.15) is 0 Å². The van der Waals surface area contributed by atoms with Crippen LogP contribution in [-0.2, 0) is 18.8 Å². The Balaban J connectivity index is 1.44. The van der Waals surface area contributed by atoms with Gasteiger partial charge in [-0.05, 0) is 67.3 Å². The summed E-state index contributed by atoms with van der Waals surface area (Å²) in [6, 6.07) is 15.3. The minimum Gasteiger partial charge on any atom is -0.349 e. The highest BCUT2D eigenvalue weighted by Crippen LogP contribution is 2.37. The zero-order valence-corrected chi connectivity index (χ0v) is 23.1. The Morgan fingerprint density at radius 2 is 1.56 bits per heavy atom. The molecule has 5 nitrogen and oxygen atoms in total. The van der Waals surface area contributed by atoms with E-state index in [1.54, 1.807) is 54.6 Å². The van der Waals surface area contributed by atoms with Crippen molar-refractivity contribution in [2.75, 3.05) is 6.54 Å². The van der Waals surface area contributed by atoms with Crippen molar-refractivity contribution in [2.45, 2.75) is 43.7 Å². The molecular weight excluding hydrogens is 596 g/mol. The molecule has 2 amide bonds. The Hall–Kier alpha value is -4.12. The summed E-state index contributed by atoms with van der Waals surface area (Å²) in [6.07, 6.45) is -7.97. The number of carbonyl (C=O) groups excluding carboxylic acids is 2. The maximum Gasteiger partial charge on any atom is 0.416 e. The van der Waals surface area contributed by atoms with Gasteiger partial charge < -0.3 is 10.2 Å². The van der Waals surface area contributed by atoms with E-state index in [0.29, 0.717) is 33.6 Å². The van der Waals surface area contributed by atoms with E-state index in [0.717, 1.165) is 5.56 Å². The van der Waals surface area contributed by atoms with E-state index in [4.69, 9.17) is 11.6 Å². The highest BCUT2D eigenvalue weighted by atomic mass is 35.5. The van der Waals surface area contributed by atoms with Gasteiger partial charge in [0.2, 0.25) is 0 Å². The van der Waals surface area contributed by atoms with Gasteiger partial charge in [0.05, 0.1) is 22.2 Å². The molecule has 0 spiro atoms. The van der Waals surface area contributed by atoms with Crippen molar-refractivity contribution in [3.63, 3.8) is 0 Å². The van der Waals surface area contributed by atoms with Gasteiger partial charge in [0, 0.05) is 40.8 Å². The molecule has 2 heterocycles. The van der Waals surface area contributed by atoms with Crippen molar-refractivity contribution in [3.8, 4) is 0 Å². The lowest BCUT2D eigenvalue weighted by atomic mass is 9.90. The molecule has 12 heteroatoms. The topological polar surface area (TPSA) is 62.3 Å². The number of nitrogens with zero attached hydrogens (tertiary/aromatic N) is 2. The Morgan fingerprint density at radius 1 is 0.907 bits per heavy atom. The van der Waals surface area contributed by atoms with E-state index < -0.39 is 47.0 Å². The molecule has 1 aromatic heterocycles. The largest absolute Gasteiger partial charge is 0.416 e. The number of hydrogen-bond acceptors (Lipinski definition) is 3. The summed E-state index contributed by atoms with van der Waals surface area (Å²) in [7, 11) is 0. The van der Waals surface area contributed by atoms with Crippen LogP contribution in [0.15, 0.2) is 79.0 Å². The van der Waals surface area contributed by atoms with Crippen LogP contribution in [0.3, 0.4) is 0 Å². The van der Waals surface area contributed by atoms with Gasteiger partial charge >= 0.3 is 12.4 Å². The monoisotopic (exact) mass is 619 g/mol. The Morgan fingerprint density at radius 3 is 2.21 bits per heavy atom. The number of aromatic nitrogens is 1. The van der Waals surface area contributed by atoms with Gasteiger partial charge in [-0.25, -0.2) is 0 Å². The van der Waals surface area contributed by atoms with Crippen LogP contribution in [0.4, 0.5) is 26.3 Å². The highest BCUT2D eigenvalue weighted by molar-refractivity contribution is 6.30. The lowest BCUT2D eigenvalue weighted by Crippen LogP contribution is -2.52. The molecule has 1 saturated heterocycles. The molecule has 0 radical (unpaired) electrons. The summed E-state index contributed by atoms with van der Waals surface area (Å²) < 4.78 is 81.0. The predicted octanol–water partition coefficient (Wildman–Crippen LogP) is 7.57. The second kappa shape index (κ2) is 11.9.